The number of methoxy groups -OCH3 is 1. The third-order valence-corrected chi connectivity index (χ3v) is 3.94. The van der Waals surface area contributed by atoms with Gasteiger partial charge in [0.2, 0.25) is 5.91 Å². The monoisotopic (exact) mass is 366 g/mol. The fraction of sp³-hybridized carbons (Fsp3) is 0.286. The molecule has 0 fully saturated rings. The van der Waals surface area contributed by atoms with Crippen LogP contribution in [0.25, 0.3) is 0 Å². The summed E-state index contributed by atoms with van der Waals surface area (Å²) in [6.45, 7) is 2.01. The molecule has 0 spiro atoms. The number of rotatable bonds is 9. The molecule has 0 atom stereocenters. The number of hydrogen-bond donors (Lipinski definition) is 1. The number of nitriles is 1. The van der Waals surface area contributed by atoms with Crippen LogP contribution >= 0.6 is 0 Å². The normalized spacial score (nSPS) is 9.96. The average Bonchev–Trinajstić information content (AvgIpc) is 2.69. The molecule has 6 heteroatoms. The van der Waals surface area contributed by atoms with Crippen molar-refractivity contribution in [3.05, 3.63) is 59.2 Å². The summed E-state index contributed by atoms with van der Waals surface area (Å²) in [5.41, 5.74) is 2.12. The van der Waals surface area contributed by atoms with Gasteiger partial charge in [0.25, 0.3) is 0 Å². The van der Waals surface area contributed by atoms with E-state index in [1.54, 1.807) is 30.3 Å². The van der Waals surface area contributed by atoms with E-state index in [1.165, 1.54) is 14.0 Å². The van der Waals surface area contributed by atoms with Crippen LogP contribution in [0.1, 0.15) is 34.8 Å². The second-order valence-electron chi connectivity index (χ2n) is 5.97. The number of aryl methyl sites for hydroxylation is 1. The number of amides is 1. The highest BCUT2D eigenvalue weighted by Gasteiger charge is 2.10. The molecule has 2 aromatic rings. The molecule has 140 valence electrons. The van der Waals surface area contributed by atoms with Gasteiger partial charge in [0.05, 0.1) is 18.7 Å². The van der Waals surface area contributed by atoms with Crippen molar-refractivity contribution in [1.29, 1.82) is 5.26 Å². The van der Waals surface area contributed by atoms with E-state index in [-0.39, 0.29) is 18.3 Å². The second kappa shape index (κ2) is 9.97. The van der Waals surface area contributed by atoms with Crippen molar-refractivity contribution >= 4 is 11.7 Å². The number of ketones is 1. The van der Waals surface area contributed by atoms with Crippen LogP contribution < -0.4 is 14.8 Å². The summed E-state index contributed by atoms with van der Waals surface area (Å²) in [6, 6.07) is 14.2. The Kier molecular flexibility index (Phi) is 7.38. The van der Waals surface area contributed by atoms with Gasteiger partial charge in [-0.25, -0.2) is 0 Å². The van der Waals surface area contributed by atoms with Gasteiger partial charge in [-0.05, 0) is 30.5 Å². The Hall–Kier alpha value is -3.33. The summed E-state index contributed by atoms with van der Waals surface area (Å²) < 4.78 is 10.7. The molecule has 1 amide bonds. The van der Waals surface area contributed by atoms with E-state index >= 15 is 0 Å². The Balaban J connectivity index is 1.89. The maximum absolute atomic E-state index is 12.3. The second-order valence-corrected chi connectivity index (χ2v) is 5.97. The van der Waals surface area contributed by atoms with Gasteiger partial charge >= 0.3 is 0 Å². The van der Waals surface area contributed by atoms with Gasteiger partial charge in [-0.2, -0.15) is 5.26 Å². The average molecular weight is 366 g/mol. The maximum atomic E-state index is 12.3. The number of carbonyl (C=O) groups is 2. The molecule has 2 aromatic carbocycles. The molecule has 0 saturated carbocycles. The van der Waals surface area contributed by atoms with E-state index in [4.69, 9.17) is 14.7 Å². The van der Waals surface area contributed by atoms with Crippen molar-refractivity contribution in [2.24, 2.45) is 0 Å². The van der Waals surface area contributed by atoms with Crippen LogP contribution in [0.5, 0.6) is 11.5 Å². The first-order chi connectivity index (χ1) is 13.0. The van der Waals surface area contributed by atoms with E-state index < -0.39 is 0 Å². The number of nitrogens with zero attached hydrogens (tertiary/aromatic N) is 1. The highest BCUT2D eigenvalue weighted by atomic mass is 16.5. The molecule has 0 bridgehead atoms. The van der Waals surface area contributed by atoms with E-state index in [0.717, 1.165) is 18.4 Å². The zero-order valence-corrected chi connectivity index (χ0v) is 15.5. The van der Waals surface area contributed by atoms with Gasteiger partial charge in [0.15, 0.2) is 23.9 Å². The van der Waals surface area contributed by atoms with Gasteiger partial charge in [0.1, 0.15) is 0 Å². The Morgan fingerprint density at radius 2 is 1.85 bits per heavy atom. The number of hydrogen-bond acceptors (Lipinski definition) is 5. The SMILES string of the molecule is COc1cc(C#N)ccc1OCC(=O)c1ccc(CCCNC(C)=O)cc1. The fourth-order valence-electron chi connectivity index (χ4n) is 2.50. The standard InChI is InChI=1S/C21H22N2O4/c1-15(24)23-11-3-4-16-5-8-18(9-6-16)19(25)14-27-20-10-7-17(13-22)12-21(20)26-2/h5-10,12H,3-4,11,14H2,1-2H3,(H,23,24). The van der Waals surface area contributed by atoms with Gasteiger partial charge in [-0.1, -0.05) is 24.3 Å². The van der Waals surface area contributed by atoms with Crippen LogP contribution in [-0.2, 0) is 11.2 Å². The lowest BCUT2D eigenvalue weighted by Gasteiger charge is -2.10. The van der Waals surface area contributed by atoms with Gasteiger partial charge in [-0.3, -0.25) is 9.59 Å². The lowest BCUT2D eigenvalue weighted by atomic mass is 10.1. The molecule has 2 rings (SSSR count). The minimum atomic E-state index is -0.147. The first kappa shape index (κ1) is 20.0. The van der Waals surface area contributed by atoms with Crippen molar-refractivity contribution in [3.8, 4) is 17.6 Å². The van der Waals surface area contributed by atoms with Crippen molar-refractivity contribution in [3.63, 3.8) is 0 Å². The van der Waals surface area contributed by atoms with Gasteiger partial charge in [-0.15, -0.1) is 0 Å². The van der Waals surface area contributed by atoms with Crippen LogP contribution in [0, 0.1) is 11.3 Å². The van der Waals surface area contributed by atoms with Crippen LogP contribution in [0.2, 0.25) is 0 Å². The molecule has 1 N–H and O–H groups in total. The number of nitrogens with one attached hydrogen (secondary N) is 1. The minimum Gasteiger partial charge on any atom is -0.493 e. The molecule has 0 saturated heterocycles. The summed E-state index contributed by atoms with van der Waals surface area (Å²) >= 11 is 0. The number of benzene rings is 2. The molecule has 0 aliphatic rings. The predicted octanol–water partition coefficient (Wildman–Crippen LogP) is 2.90. The van der Waals surface area contributed by atoms with Crippen molar-refractivity contribution in [2.45, 2.75) is 19.8 Å². The molecule has 0 radical (unpaired) electrons. The van der Waals surface area contributed by atoms with E-state index in [1.807, 2.05) is 18.2 Å². The lowest BCUT2D eigenvalue weighted by molar-refractivity contribution is -0.118. The van der Waals surface area contributed by atoms with Crippen LogP contribution in [-0.4, -0.2) is 32.0 Å². The molecular formula is C21H22N2O4. The van der Waals surface area contributed by atoms with E-state index in [0.29, 0.717) is 29.2 Å². The lowest BCUT2D eigenvalue weighted by Crippen LogP contribution is -2.21. The molecule has 0 heterocycles. The topological polar surface area (TPSA) is 88.4 Å². The minimum absolute atomic E-state index is 0.0326. The number of Topliss-reactive ketones (excluding diaryl/α,β-unsaturated/α-hetero) is 1. The van der Waals surface area contributed by atoms with Crippen LogP contribution in [0.15, 0.2) is 42.5 Å². The Labute approximate surface area is 158 Å². The zero-order chi connectivity index (χ0) is 19.6. The maximum Gasteiger partial charge on any atom is 0.216 e. The summed E-state index contributed by atoms with van der Waals surface area (Å²) in [5.74, 6) is 0.650. The Morgan fingerprint density at radius 3 is 2.48 bits per heavy atom. The predicted molar refractivity (Wildman–Crippen MR) is 101 cm³/mol. The molecule has 0 aliphatic heterocycles. The molecule has 0 aromatic heterocycles. The smallest absolute Gasteiger partial charge is 0.216 e. The van der Waals surface area contributed by atoms with Gasteiger partial charge < -0.3 is 14.8 Å². The summed E-state index contributed by atoms with van der Waals surface area (Å²) in [4.78, 5) is 23.2. The van der Waals surface area contributed by atoms with E-state index in [2.05, 4.69) is 5.32 Å². The van der Waals surface area contributed by atoms with Gasteiger partial charge in [0, 0.05) is 25.1 Å². The Morgan fingerprint density at radius 1 is 1.11 bits per heavy atom. The molecule has 0 aliphatic carbocycles. The third kappa shape index (κ3) is 6.15. The molecule has 27 heavy (non-hydrogen) atoms. The Bertz CT molecular complexity index is 838. The first-order valence-corrected chi connectivity index (χ1v) is 8.61. The summed E-state index contributed by atoms with van der Waals surface area (Å²) in [7, 11) is 1.48. The number of carbonyl (C=O) groups excluding carboxylic acids is 2. The first-order valence-electron chi connectivity index (χ1n) is 8.61. The molecule has 0 unspecified atom stereocenters. The molecular weight excluding hydrogens is 344 g/mol. The zero-order valence-electron chi connectivity index (χ0n) is 15.5. The van der Waals surface area contributed by atoms with Crippen molar-refractivity contribution < 1.29 is 19.1 Å². The van der Waals surface area contributed by atoms with Crippen molar-refractivity contribution in [1.82, 2.24) is 5.32 Å². The van der Waals surface area contributed by atoms with E-state index in [9.17, 15) is 9.59 Å². The summed E-state index contributed by atoms with van der Waals surface area (Å²) in [5, 5.41) is 11.7. The highest BCUT2D eigenvalue weighted by Crippen LogP contribution is 2.27. The fourth-order valence-corrected chi connectivity index (χ4v) is 2.50. The van der Waals surface area contributed by atoms with Crippen LogP contribution in [0.4, 0.5) is 0 Å². The van der Waals surface area contributed by atoms with Crippen molar-refractivity contribution in [2.75, 3.05) is 20.3 Å². The third-order valence-electron chi connectivity index (χ3n) is 3.94. The summed E-state index contributed by atoms with van der Waals surface area (Å²) in [6.07, 6.45) is 1.67. The highest BCUT2D eigenvalue weighted by molar-refractivity contribution is 5.97. The van der Waals surface area contributed by atoms with Crippen LogP contribution in [0.3, 0.4) is 0 Å². The molecule has 6 nitrogen and oxygen atoms in total. The largest absolute Gasteiger partial charge is 0.493 e. The quantitative estimate of drug-likeness (QED) is 0.544. The number of ether oxygens (including phenoxy) is 2.